The third-order valence-electron chi connectivity index (χ3n) is 6.09. The predicted octanol–water partition coefficient (Wildman–Crippen LogP) is 4.47. The number of benzene rings is 2. The van der Waals surface area contributed by atoms with Crippen LogP contribution < -0.4 is 19.6 Å². The lowest BCUT2D eigenvalue weighted by molar-refractivity contribution is -0.394. The van der Waals surface area contributed by atoms with Gasteiger partial charge in [-0.25, -0.2) is 9.79 Å². The van der Waals surface area contributed by atoms with Gasteiger partial charge in [0.2, 0.25) is 5.75 Å². The standard InChI is InChI=1S/C27H20N4O8S2/c1-3-38-26(33)23-15(2)28-27-29(24(23)21-5-4-12-40-21)25(32)22(41-27)13-16-6-9-18(10-7-16)39-20-11-8-17(30(34)35)14-19(20)31(36)37/h4-14,24H,3H2,1-2H3/b22-13-/t24-/m0/s1. The summed E-state index contributed by atoms with van der Waals surface area (Å²) in [5.74, 6) is -0.416. The van der Waals surface area contributed by atoms with E-state index in [0.717, 1.165) is 17.0 Å². The van der Waals surface area contributed by atoms with Crippen molar-refractivity contribution in [2.75, 3.05) is 6.61 Å². The normalized spacial score (nSPS) is 14.8. The number of aromatic nitrogens is 1. The van der Waals surface area contributed by atoms with E-state index >= 15 is 0 Å². The van der Waals surface area contributed by atoms with Crippen LogP contribution in [0.15, 0.2) is 81.0 Å². The fourth-order valence-corrected chi connectivity index (χ4v) is 6.14. The Kier molecular flexibility index (Phi) is 7.59. The summed E-state index contributed by atoms with van der Waals surface area (Å²) in [6.07, 6.45) is 1.68. The van der Waals surface area contributed by atoms with E-state index in [1.54, 1.807) is 44.2 Å². The molecule has 0 radical (unpaired) electrons. The largest absolute Gasteiger partial charge is 0.463 e. The first kappa shape index (κ1) is 27.6. The van der Waals surface area contributed by atoms with E-state index in [9.17, 15) is 29.8 Å². The number of hydrogen-bond donors (Lipinski definition) is 0. The molecule has 1 atom stereocenters. The molecule has 41 heavy (non-hydrogen) atoms. The maximum atomic E-state index is 13.6. The average Bonchev–Trinajstić information content (AvgIpc) is 3.57. The lowest BCUT2D eigenvalue weighted by Gasteiger charge is -2.23. The number of thiazole rings is 1. The highest BCUT2D eigenvalue weighted by Gasteiger charge is 2.33. The molecule has 5 rings (SSSR count). The van der Waals surface area contributed by atoms with E-state index < -0.39 is 33.2 Å². The minimum Gasteiger partial charge on any atom is -0.463 e. The monoisotopic (exact) mass is 592 g/mol. The van der Waals surface area contributed by atoms with E-state index in [4.69, 9.17) is 9.47 Å². The molecule has 0 aliphatic carbocycles. The van der Waals surface area contributed by atoms with E-state index in [-0.39, 0.29) is 23.7 Å². The number of allylic oxidation sites excluding steroid dienone is 1. The van der Waals surface area contributed by atoms with Gasteiger partial charge in [-0.05, 0) is 55.1 Å². The minimum atomic E-state index is -0.755. The Labute approximate surface area is 239 Å². The Bertz CT molecular complexity index is 1890. The Balaban J connectivity index is 1.49. The van der Waals surface area contributed by atoms with E-state index in [1.807, 2.05) is 17.5 Å². The first-order valence-corrected chi connectivity index (χ1v) is 13.8. The van der Waals surface area contributed by atoms with Crippen molar-refractivity contribution in [2.24, 2.45) is 4.99 Å². The Hall–Kier alpha value is -4.95. The summed E-state index contributed by atoms with van der Waals surface area (Å²) in [5.41, 5.74) is 0.165. The van der Waals surface area contributed by atoms with Crippen molar-refractivity contribution in [1.29, 1.82) is 0 Å². The SMILES string of the molecule is CCOC(=O)C1=C(C)N=c2s/c(=C\c3ccc(Oc4ccc([N+](=O)[O-])cc4[N+](=O)[O-])cc3)c(=O)n2[C@H]1c1cccs1. The van der Waals surface area contributed by atoms with Crippen molar-refractivity contribution < 1.29 is 24.1 Å². The van der Waals surface area contributed by atoms with E-state index in [1.165, 1.54) is 33.3 Å². The van der Waals surface area contributed by atoms with E-state index in [2.05, 4.69) is 4.99 Å². The zero-order chi connectivity index (χ0) is 29.3. The van der Waals surface area contributed by atoms with Crippen molar-refractivity contribution in [3.8, 4) is 11.5 Å². The molecule has 0 saturated carbocycles. The van der Waals surface area contributed by atoms with Gasteiger partial charge < -0.3 is 9.47 Å². The third kappa shape index (κ3) is 5.42. The molecule has 0 saturated heterocycles. The quantitative estimate of drug-likeness (QED) is 0.165. The van der Waals surface area contributed by atoms with Gasteiger partial charge in [0.1, 0.15) is 11.8 Å². The summed E-state index contributed by atoms with van der Waals surface area (Å²) in [6, 6.07) is 12.6. The highest BCUT2D eigenvalue weighted by molar-refractivity contribution is 7.10. The smallest absolute Gasteiger partial charge is 0.338 e. The summed E-state index contributed by atoms with van der Waals surface area (Å²) in [5, 5.41) is 24.2. The Morgan fingerprint density at radius 2 is 1.88 bits per heavy atom. The third-order valence-corrected chi connectivity index (χ3v) is 7.99. The molecular weight excluding hydrogens is 572 g/mol. The van der Waals surface area contributed by atoms with Crippen molar-refractivity contribution in [3.05, 3.63) is 122 Å². The summed E-state index contributed by atoms with van der Waals surface area (Å²) in [7, 11) is 0. The number of ether oxygens (including phenoxy) is 2. The summed E-state index contributed by atoms with van der Waals surface area (Å²) in [4.78, 5) is 53.2. The van der Waals surface area contributed by atoms with Crippen molar-refractivity contribution in [3.63, 3.8) is 0 Å². The summed E-state index contributed by atoms with van der Waals surface area (Å²) < 4.78 is 12.8. The molecule has 0 bridgehead atoms. The molecule has 2 aromatic carbocycles. The van der Waals surface area contributed by atoms with Crippen molar-refractivity contribution >= 4 is 46.1 Å². The van der Waals surface area contributed by atoms with Crippen LogP contribution in [0, 0.1) is 20.2 Å². The van der Waals surface area contributed by atoms with Gasteiger partial charge in [-0.2, -0.15) is 0 Å². The van der Waals surface area contributed by atoms with Gasteiger partial charge in [-0.15, -0.1) is 11.3 Å². The van der Waals surface area contributed by atoms with Crippen LogP contribution in [-0.2, 0) is 9.53 Å². The van der Waals surface area contributed by atoms with Gasteiger partial charge in [0.05, 0.1) is 38.3 Å². The lowest BCUT2D eigenvalue weighted by Crippen LogP contribution is -2.39. The van der Waals surface area contributed by atoms with Crippen LogP contribution in [0.2, 0.25) is 0 Å². The van der Waals surface area contributed by atoms with Crippen molar-refractivity contribution in [1.82, 2.24) is 4.57 Å². The second-order valence-corrected chi connectivity index (χ2v) is 10.6. The second-order valence-electron chi connectivity index (χ2n) is 8.66. The first-order valence-electron chi connectivity index (χ1n) is 12.1. The van der Waals surface area contributed by atoms with Gasteiger partial charge in [0.15, 0.2) is 4.80 Å². The Morgan fingerprint density at radius 1 is 1.12 bits per heavy atom. The van der Waals surface area contributed by atoms with Crippen LogP contribution in [0.3, 0.4) is 0 Å². The highest BCUT2D eigenvalue weighted by Crippen LogP contribution is 2.35. The van der Waals surface area contributed by atoms with Gasteiger partial charge in [0.25, 0.3) is 11.2 Å². The molecule has 1 aliphatic heterocycles. The molecule has 0 unspecified atom stereocenters. The summed E-state index contributed by atoms with van der Waals surface area (Å²) >= 11 is 2.61. The molecule has 1 aliphatic rings. The van der Waals surface area contributed by atoms with Gasteiger partial charge in [-0.1, -0.05) is 29.5 Å². The molecule has 0 fully saturated rings. The number of nitrogens with zero attached hydrogens (tertiary/aromatic N) is 4. The number of fused-ring (bicyclic) bond motifs is 1. The lowest BCUT2D eigenvalue weighted by atomic mass is 10.0. The van der Waals surface area contributed by atoms with Crippen LogP contribution in [0.25, 0.3) is 6.08 Å². The topological polar surface area (TPSA) is 156 Å². The van der Waals surface area contributed by atoms with Crippen LogP contribution >= 0.6 is 22.7 Å². The molecule has 0 spiro atoms. The fraction of sp³-hybridized carbons (Fsp3) is 0.148. The summed E-state index contributed by atoms with van der Waals surface area (Å²) in [6.45, 7) is 3.62. The second kappa shape index (κ2) is 11.3. The molecule has 0 amide bonds. The number of carbonyl (C=O) groups is 1. The molecular formula is C27H20N4O8S2. The molecule has 14 heteroatoms. The highest BCUT2D eigenvalue weighted by atomic mass is 32.1. The maximum Gasteiger partial charge on any atom is 0.338 e. The number of nitro groups is 2. The zero-order valence-corrected chi connectivity index (χ0v) is 23.1. The van der Waals surface area contributed by atoms with Crippen molar-refractivity contribution in [2.45, 2.75) is 19.9 Å². The average molecular weight is 593 g/mol. The van der Waals surface area contributed by atoms with Crippen LogP contribution in [0.1, 0.15) is 30.3 Å². The van der Waals surface area contributed by atoms with E-state index in [0.29, 0.717) is 26.2 Å². The van der Waals surface area contributed by atoms with Crippen LogP contribution in [0.5, 0.6) is 11.5 Å². The molecule has 12 nitrogen and oxygen atoms in total. The number of hydrogen-bond acceptors (Lipinski definition) is 11. The number of rotatable bonds is 8. The molecule has 0 N–H and O–H groups in total. The van der Waals surface area contributed by atoms with Gasteiger partial charge in [0, 0.05) is 10.9 Å². The number of esters is 1. The zero-order valence-electron chi connectivity index (χ0n) is 21.5. The fourth-order valence-electron chi connectivity index (χ4n) is 4.27. The van der Waals surface area contributed by atoms with Crippen LogP contribution in [-0.4, -0.2) is 27.0 Å². The molecule has 3 heterocycles. The van der Waals surface area contributed by atoms with Gasteiger partial charge in [-0.3, -0.25) is 29.6 Å². The number of non-ortho nitro benzene ring substituents is 1. The number of carbonyl (C=O) groups excluding carboxylic acids is 1. The molecule has 4 aromatic rings. The maximum absolute atomic E-state index is 13.6. The molecule has 208 valence electrons. The predicted molar refractivity (Wildman–Crippen MR) is 151 cm³/mol. The minimum absolute atomic E-state index is 0.150. The Morgan fingerprint density at radius 3 is 2.51 bits per heavy atom. The van der Waals surface area contributed by atoms with Crippen LogP contribution in [0.4, 0.5) is 11.4 Å². The molecule has 2 aromatic heterocycles. The van der Waals surface area contributed by atoms with Gasteiger partial charge >= 0.3 is 11.7 Å². The first-order chi connectivity index (χ1) is 19.7. The number of nitro benzene ring substituents is 2. The number of thiophene rings is 1.